The molecule has 25 heavy (non-hydrogen) atoms. The van der Waals surface area contributed by atoms with Crippen molar-refractivity contribution >= 4 is 11.9 Å². The molecule has 4 nitrogen and oxygen atoms in total. The van der Waals surface area contributed by atoms with Crippen LogP contribution in [0.15, 0.2) is 42.5 Å². The predicted molar refractivity (Wildman–Crippen MR) is 96.3 cm³/mol. The number of rotatable bonds is 4. The summed E-state index contributed by atoms with van der Waals surface area (Å²) in [5, 5.41) is 0. The summed E-state index contributed by atoms with van der Waals surface area (Å²) in [4.78, 5) is 26.5. The van der Waals surface area contributed by atoms with Crippen LogP contribution >= 0.6 is 0 Å². The number of amides is 1. The lowest BCUT2D eigenvalue weighted by Crippen LogP contribution is -2.27. The Morgan fingerprint density at radius 3 is 2.36 bits per heavy atom. The molecule has 0 saturated carbocycles. The quantitative estimate of drug-likeness (QED) is 0.633. The highest BCUT2D eigenvalue weighted by Crippen LogP contribution is 2.26. The Hall–Kier alpha value is -2.62. The molecular formula is C21H23NO3. The molecule has 0 aromatic heterocycles. The van der Waals surface area contributed by atoms with Gasteiger partial charge in [-0.15, -0.1) is 0 Å². The fraction of sp³-hybridized carbons (Fsp3) is 0.333. The van der Waals surface area contributed by atoms with Crippen LogP contribution < -0.4 is 4.74 Å². The molecule has 0 N–H and O–H groups in total. The van der Waals surface area contributed by atoms with Gasteiger partial charge in [-0.2, -0.15) is 0 Å². The predicted octanol–water partition coefficient (Wildman–Crippen LogP) is 3.57. The van der Waals surface area contributed by atoms with Crippen molar-refractivity contribution in [3.63, 3.8) is 0 Å². The number of likely N-dealkylation sites (tertiary alicyclic amines) is 1. The fourth-order valence-corrected chi connectivity index (χ4v) is 3.14. The fourth-order valence-electron chi connectivity index (χ4n) is 3.14. The largest absolute Gasteiger partial charge is 0.426 e. The second kappa shape index (κ2) is 7.09. The number of hydrogen-bond acceptors (Lipinski definition) is 3. The van der Waals surface area contributed by atoms with Gasteiger partial charge < -0.3 is 9.64 Å². The highest BCUT2D eigenvalue weighted by molar-refractivity contribution is 5.87. The number of aryl methyl sites for hydroxylation is 3. The van der Waals surface area contributed by atoms with Gasteiger partial charge in [-0.3, -0.25) is 9.59 Å². The van der Waals surface area contributed by atoms with E-state index in [1.807, 2.05) is 63.2 Å². The zero-order valence-corrected chi connectivity index (χ0v) is 14.9. The van der Waals surface area contributed by atoms with Gasteiger partial charge in [0.05, 0.1) is 5.92 Å². The molecule has 4 heteroatoms. The van der Waals surface area contributed by atoms with Crippen molar-refractivity contribution in [2.45, 2.75) is 33.7 Å². The monoisotopic (exact) mass is 337 g/mol. The summed E-state index contributed by atoms with van der Waals surface area (Å²) in [5.74, 6) is -0.116. The van der Waals surface area contributed by atoms with Gasteiger partial charge in [0.15, 0.2) is 0 Å². The summed E-state index contributed by atoms with van der Waals surface area (Å²) in [5.41, 5.74) is 4.11. The first-order chi connectivity index (χ1) is 11.9. The Kier molecular flexibility index (Phi) is 4.88. The lowest BCUT2D eigenvalue weighted by molar-refractivity contribution is -0.139. The maximum absolute atomic E-state index is 12.5. The minimum atomic E-state index is -0.406. The van der Waals surface area contributed by atoms with Crippen LogP contribution in [-0.2, 0) is 16.1 Å². The Morgan fingerprint density at radius 1 is 1.08 bits per heavy atom. The number of nitrogens with zero attached hydrogens (tertiary/aromatic N) is 1. The van der Waals surface area contributed by atoms with Crippen molar-refractivity contribution in [1.82, 2.24) is 4.90 Å². The Balaban J connectivity index is 1.65. The highest BCUT2D eigenvalue weighted by atomic mass is 16.5. The molecule has 1 atom stereocenters. The first-order valence-electron chi connectivity index (χ1n) is 8.55. The van der Waals surface area contributed by atoms with Crippen molar-refractivity contribution in [2.24, 2.45) is 5.92 Å². The molecule has 1 aliphatic rings. The normalized spacial score (nSPS) is 17.0. The molecule has 0 radical (unpaired) electrons. The van der Waals surface area contributed by atoms with E-state index in [4.69, 9.17) is 4.74 Å². The van der Waals surface area contributed by atoms with Crippen LogP contribution in [-0.4, -0.2) is 23.3 Å². The summed E-state index contributed by atoms with van der Waals surface area (Å²) in [6.45, 7) is 6.81. The van der Waals surface area contributed by atoms with E-state index in [0.29, 0.717) is 18.8 Å². The number of ether oxygens (including phenoxy) is 1. The summed E-state index contributed by atoms with van der Waals surface area (Å²) in [7, 11) is 0. The first kappa shape index (κ1) is 17.2. The summed E-state index contributed by atoms with van der Waals surface area (Å²) >= 11 is 0. The first-order valence-corrected chi connectivity index (χ1v) is 8.55. The maximum Gasteiger partial charge on any atom is 0.316 e. The molecule has 2 aromatic carbocycles. The zero-order chi connectivity index (χ0) is 18.0. The molecule has 2 aromatic rings. The van der Waals surface area contributed by atoms with Gasteiger partial charge in [0.25, 0.3) is 0 Å². The van der Waals surface area contributed by atoms with Crippen LogP contribution in [0, 0.1) is 26.7 Å². The number of carbonyl (C=O) groups is 2. The third-order valence-electron chi connectivity index (χ3n) is 4.65. The molecule has 0 bridgehead atoms. The lowest BCUT2D eigenvalue weighted by Gasteiger charge is -2.17. The summed E-state index contributed by atoms with van der Waals surface area (Å²) < 4.78 is 5.60. The van der Waals surface area contributed by atoms with Gasteiger partial charge in [0, 0.05) is 19.5 Å². The van der Waals surface area contributed by atoms with Crippen LogP contribution in [0.2, 0.25) is 0 Å². The van der Waals surface area contributed by atoms with Gasteiger partial charge in [0.1, 0.15) is 5.75 Å². The van der Waals surface area contributed by atoms with E-state index >= 15 is 0 Å². The molecule has 1 aliphatic heterocycles. The molecule has 0 aliphatic carbocycles. The molecular weight excluding hydrogens is 314 g/mol. The van der Waals surface area contributed by atoms with Gasteiger partial charge in [0.2, 0.25) is 5.91 Å². The van der Waals surface area contributed by atoms with E-state index in [2.05, 4.69) is 0 Å². The van der Waals surface area contributed by atoms with Crippen molar-refractivity contribution in [3.8, 4) is 5.75 Å². The Labute approximate surface area is 148 Å². The van der Waals surface area contributed by atoms with E-state index < -0.39 is 5.92 Å². The van der Waals surface area contributed by atoms with Crippen molar-refractivity contribution in [2.75, 3.05) is 6.54 Å². The van der Waals surface area contributed by atoms with E-state index in [-0.39, 0.29) is 18.3 Å². The minimum absolute atomic E-state index is 0.00373. The topological polar surface area (TPSA) is 46.6 Å². The Morgan fingerprint density at radius 2 is 1.72 bits per heavy atom. The van der Waals surface area contributed by atoms with E-state index in [1.54, 1.807) is 4.90 Å². The van der Waals surface area contributed by atoms with Gasteiger partial charge in [-0.1, -0.05) is 48.0 Å². The molecule has 1 heterocycles. The van der Waals surface area contributed by atoms with Gasteiger partial charge in [-0.05, 0) is 37.5 Å². The summed E-state index contributed by atoms with van der Waals surface area (Å²) in [6, 6.07) is 13.9. The Bertz CT molecular complexity index is 775. The average Bonchev–Trinajstić information content (AvgIpc) is 2.94. The van der Waals surface area contributed by atoms with Crippen molar-refractivity contribution in [1.29, 1.82) is 0 Å². The van der Waals surface area contributed by atoms with Crippen molar-refractivity contribution < 1.29 is 14.3 Å². The van der Waals surface area contributed by atoms with Crippen LogP contribution in [0.25, 0.3) is 0 Å². The van der Waals surface area contributed by atoms with E-state index in [1.165, 1.54) is 5.56 Å². The van der Waals surface area contributed by atoms with Gasteiger partial charge in [-0.25, -0.2) is 0 Å². The van der Waals surface area contributed by atoms with E-state index in [0.717, 1.165) is 16.7 Å². The van der Waals surface area contributed by atoms with Crippen LogP contribution in [0.5, 0.6) is 5.75 Å². The third kappa shape index (κ3) is 3.90. The highest BCUT2D eigenvalue weighted by Gasteiger charge is 2.35. The van der Waals surface area contributed by atoms with Crippen LogP contribution in [0.4, 0.5) is 0 Å². The molecule has 0 unspecified atom stereocenters. The maximum atomic E-state index is 12.5. The molecule has 1 saturated heterocycles. The molecule has 3 rings (SSSR count). The zero-order valence-electron chi connectivity index (χ0n) is 14.9. The van der Waals surface area contributed by atoms with Crippen LogP contribution in [0.3, 0.4) is 0 Å². The lowest BCUT2D eigenvalue weighted by atomic mass is 10.1. The second-order valence-corrected chi connectivity index (χ2v) is 6.80. The van der Waals surface area contributed by atoms with Crippen LogP contribution in [0.1, 0.15) is 28.7 Å². The SMILES string of the molecule is Cc1ccc(CN2C[C@H](C(=O)Oc3c(C)cccc3C)CC2=O)cc1. The number of esters is 1. The van der Waals surface area contributed by atoms with Gasteiger partial charge >= 0.3 is 5.97 Å². The second-order valence-electron chi connectivity index (χ2n) is 6.80. The average molecular weight is 337 g/mol. The number of benzene rings is 2. The summed E-state index contributed by atoms with van der Waals surface area (Å²) in [6.07, 6.45) is 0.218. The molecule has 0 spiro atoms. The number of para-hydroxylation sites is 1. The smallest absolute Gasteiger partial charge is 0.316 e. The molecule has 1 amide bonds. The number of hydrogen-bond donors (Lipinski definition) is 0. The minimum Gasteiger partial charge on any atom is -0.426 e. The van der Waals surface area contributed by atoms with Crippen molar-refractivity contribution in [3.05, 3.63) is 64.7 Å². The standard InChI is InChI=1S/C21H23NO3/c1-14-7-9-17(10-8-14)12-22-13-18(11-19(22)23)21(24)25-20-15(2)5-4-6-16(20)3/h4-10,18H,11-13H2,1-3H3/t18-/m1/s1. The van der Waals surface area contributed by atoms with E-state index in [9.17, 15) is 9.59 Å². The molecule has 1 fully saturated rings. The molecule has 130 valence electrons. The number of carbonyl (C=O) groups excluding carboxylic acids is 2. The third-order valence-corrected chi connectivity index (χ3v) is 4.65.